The van der Waals surface area contributed by atoms with E-state index in [2.05, 4.69) is 35.2 Å². The number of piperidine rings is 1. The molecule has 0 amide bonds. The molecule has 1 N–H and O–H groups in total. The molecule has 1 atom stereocenters. The van der Waals surface area contributed by atoms with Gasteiger partial charge < -0.3 is 10.0 Å². The topological polar surface area (TPSA) is 23.5 Å². The van der Waals surface area contributed by atoms with Crippen LogP contribution in [0.3, 0.4) is 0 Å². The molecule has 1 aliphatic rings. The van der Waals surface area contributed by atoms with Gasteiger partial charge in [0, 0.05) is 0 Å². The van der Waals surface area contributed by atoms with Crippen LogP contribution in [-0.4, -0.2) is 29.6 Å². The molecule has 1 fully saturated rings. The van der Waals surface area contributed by atoms with E-state index in [1.165, 1.54) is 37.9 Å². The van der Waals surface area contributed by atoms with Crippen LogP contribution in [0.15, 0.2) is 60.7 Å². The molecule has 3 rings (SSSR count). The Morgan fingerprint density at radius 2 is 1.54 bits per heavy atom. The molecule has 1 aliphatic heterocycles. The van der Waals surface area contributed by atoms with Gasteiger partial charge in [0.2, 0.25) is 0 Å². The Labute approximate surface area is 146 Å². The van der Waals surface area contributed by atoms with Crippen molar-refractivity contribution in [2.45, 2.75) is 38.2 Å². The minimum Gasteiger partial charge on any atom is -0.388 e. The first-order valence-corrected chi connectivity index (χ1v) is 9.30. The van der Waals surface area contributed by atoms with Crippen molar-refractivity contribution < 1.29 is 5.11 Å². The molecule has 0 spiro atoms. The van der Waals surface area contributed by atoms with Crippen molar-refractivity contribution in [3.05, 3.63) is 71.8 Å². The van der Waals surface area contributed by atoms with Gasteiger partial charge in [0.15, 0.2) is 0 Å². The second-order valence-electron chi connectivity index (χ2n) is 7.04. The van der Waals surface area contributed by atoms with Crippen LogP contribution >= 0.6 is 0 Å². The molecule has 0 bridgehead atoms. The van der Waals surface area contributed by atoms with E-state index in [1.54, 1.807) is 0 Å². The summed E-state index contributed by atoms with van der Waals surface area (Å²) >= 11 is 0. The van der Waals surface area contributed by atoms with Crippen LogP contribution in [0.25, 0.3) is 0 Å². The highest BCUT2D eigenvalue weighted by Gasteiger charge is 2.19. The minimum atomic E-state index is -0.318. The number of nitrogens with zero attached hydrogens (tertiary/aromatic N) is 1. The molecule has 0 radical (unpaired) electrons. The van der Waals surface area contributed by atoms with Gasteiger partial charge in [-0.15, -0.1) is 0 Å². The molecule has 24 heavy (non-hydrogen) atoms. The maximum absolute atomic E-state index is 10.2. The van der Waals surface area contributed by atoms with Crippen molar-refractivity contribution in [3.63, 3.8) is 0 Å². The van der Waals surface area contributed by atoms with Gasteiger partial charge in [0.1, 0.15) is 0 Å². The van der Waals surface area contributed by atoms with Gasteiger partial charge in [-0.1, -0.05) is 60.7 Å². The van der Waals surface area contributed by atoms with Crippen LogP contribution in [-0.2, 0) is 6.42 Å². The van der Waals surface area contributed by atoms with Gasteiger partial charge in [-0.2, -0.15) is 0 Å². The van der Waals surface area contributed by atoms with E-state index in [9.17, 15) is 5.11 Å². The first-order chi connectivity index (χ1) is 11.8. The molecular weight excluding hydrogens is 294 g/mol. The molecule has 0 aliphatic carbocycles. The molecule has 0 aromatic heterocycles. The van der Waals surface area contributed by atoms with E-state index >= 15 is 0 Å². The molecule has 2 heteroatoms. The summed E-state index contributed by atoms with van der Waals surface area (Å²) in [5.41, 5.74) is 2.51. The predicted octanol–water partition coefficient (Wildman–Crippen LogP) is 4.45. The number of rotatable bonds is 7. The summed E-state index contributed by atoms with van der Waals surface area (Å²) in [5, 5.41) is 10.2. The molecule has 2 aromatic rings. The Morgan fingerprint density at radius 3 is 2.21 bits per heavy atom. The Hall–Kier alpha value is -1.64. The Morgan fingerprint density at radius 1 is 0.917 bits per heavy atom. The third-order valence-corrected chi connectivity index (χ3v) is 5.21. The van der Waals surface area contributed by atoms with Crippen LogP contribution in [0.5, 0.6) is 0 Å². The van der Waals surface area contributed by atoms with Gasteiger partial charge in [0.25, 0.3) is 0 Å². The smallest absolute Gasteiger partial charge is 0.0790 e. The number of aliphatic hydroxyl groups excluding tert-OH is 1. The van der Waals surface area contributed by atoms with Crippen molar-refractivity contribution in [1.29, 1.82) is 0 Å². The fraction of sp³-hybridized carbons (Fsp3) is 0.455. The van der Waals surface area contributed by atoms with E-state index < -0.39 is 0 Å². The summed E-state index contributed by atoms with van der Waals surface area (Å²) in [7, 11) is 0. The highest BCUT2D eigenvalue weighted by atomic mass is 16.3. The molecular formula is C22H29NO. The molecule has 1 heterocycles. The molecule has 1 unspecified atom stereocenters. The lowest BCUT2D eigenvalue weighted by Gasteiger charge is -2.32. The van der Waals surface area contributed by atoms with Gasteiger partial charge in [0.05, 0.1) is 6.10 Å². The lowest BCUT2D eigenvalue weighted by Crippen LogP contribution is -2.35. The molecule has 2 nitrogen and oxygen atoms in total. The SMILES string of the molecule is OC(CCCN1CCC(Cc2ccccc2)CC1)c1ccccc1. The lowest BCUT2D eigenvalue weighted by atomic mass is 9.90. The number of likely N-dealkylation sites (tertiary alicyclic amines) is 1. The number of hydrogen-bond donors (Lipinski definition) is 1. The largest absolute Gasteiger partial charge is 0.388 e. The molecule has 0 saturated carbocycles. The normalized spacial score (nSPS) is 17.7. The summed E-state index contributed by atoms with van der Waals surface area (Å²) in [5.74, 6) is 0.832. The maximum atomic E-state index is 10.2. The second kappa shape index (κ2) is 9.00. The van der Waals surface area contributed by atoms with Crippen molar-refractivity contribution in [2.75, 3.05) is 19.6 Å². The fourth-order valence-electron chi connectivity index (χ4n) is 3.71. The quantitative estimate of drug-likeness (QED) is 0.813. The zero-order chi connectivity index (χ0) is 16.6. The Balaban J connectivity index is 1.34. The van der Waals surface area contributed by atoms with E-state index in [0.717, 1.165) is 30.9 Å². The summed E-state index contributed by atoms with van der Waals surface area (Å²) in [6.45, 7) is 3.53. The van der Waals surface area contributed by atoms with Crippen LogP contribution in [0.2, 0.25) is 0 Å². The zero-order valence-electron chi connectivity index (χ0n) is 14.5. The third kappa shape index (κ3) is 5.19. The Kier molecular flexibility index (Phi) is 6.45. The van der Waals surface area contributed by atoms with Crippen molar-refractivity contribution in [1.82, 2.24) is 4.90 Å². The number of benzene rings is 2. The van der Waals surface area contributed by atoms with Crippen LogP contribution < -0.4 is 0 Å². The summed E-state index contributed by atoms with van der Waals surface area (Å²) < 4.78 is 0. The van der Waals surface area contributed by atoms with Crippen molar-refractivity contribution in [3.8, 4) is 0 Å². The summed E-state index contributed by atoms with van der Waals surface area (Å²) in [6, 6.07) is 20.9. The van der Waals surface area contributed by atoms with Crippen molar-refractivity contribution in [2.24, 2.45) is 5.92 Å². The molecule has 2 aromatic carbocycles. The molecule has 128 valence electrons. The zero-order valence-corrected chi connectivity index (χ0v) is 14.5. The average molecular weight is 323 g/mol. The van der Waals surface area contributed by atoms with Crippen LogP contribution in [0.4, 0.5) is 0 Å². The highest BCUT2D eigenvalue weighted by molar-refractivity contribution is 5.17. The number of hydrogen-bond acceptors (Lipinski definition) is 2. The monoisotopic (exact) mass is 323 g/mol. The van der Waals surface area contributed by atoms with Gasteiger partial charge in [-0.25, -0.2) is 0 Å². The lowest BCUT2D eigenvalue weighted by molar-refractivity contribution is 0.142. The van der Waals surface area contributed by atoms with Gasteiger partial charge in [-0.05, 0) is 68.8 Å². The second-order valence-corrected chi connectivity index (χ2v) is 7.04. The van der Waals surface area contributed by atoms with E-state index in [1.807, 2.05) is 30.3 Å². The summed E-state index contributed by atoms with van der Waals surface area (Å²) in [4.78, 5) is 2.57. The first-order valence-electron chi connectivity index (χ1n) is 9.30. The first kappa shape index (κ1) is 17.2. The van der Waals surface area contributed by atoms with Crippen molar-refractivity contribution >= 4 is 0 Å². The fourth-order valence-corrected chi connectivity index (χ4v) is 3.71. The average Bonchev–Trinajstić information content (AvgIpc) is 2.65. The van der Waals surface area contributed by atoms with E-state index in [0.29, 0.717) is 0 Å². The Bertz CT molecular complexity index is 575. The molecule has 1 saturated heterocycles. The highest BCUT2D eigenvalue weighted by Crippen LogP contribution is 2.23. The van der Waals surface area contributed by atoms with Gasteiger partial charge >= 0.3 is 0 Å². The summed E-state index contributed by atoms with van der Waals surface area (Å²) in [6.07, 6.45) is 5.43. The number of aliphatic hydroxyl groups is 1. The standard InChI is InChI=1S/C22H29NO/c24-22(21-10-5-2-6-11-21)12-7-15-23-16-13-20(14-17-23)18-19-8-3-1-4-9-19/h1-6,8-11,20,22,24H,7,12-18H2. The third-order valence-electron chi connectivity index (χ3n) is 5.21. The predicted molar refractivity (Wildman–Crippen MR) is 99.9 cm³/mol. The van der Waals surface area contributed by atoms with Crippen LogP contribution in [0, 0.1) is 5.92 Å². The van der Waals surface area contributed by atoms with Crippen LogP contribution in [0.1, 0.15) is 42.9 Å². The van der Waals surface area contributed by atoms with E-state index in [4.69, 9.17) is 0 Å². The van der Waals surface area contributed by atoms with E-state index in [-0.39, 0.29) is 6.10 Å². The van der Waals surface area contributed by atoms with Gasteiger partial charge in [-0.3, -0.25) is 0 Å². The minimum absolute atomic E-state index is 0.318. The maximum Gasteiger partial charge on any atom is 0.0790 e.